The van der Waals surface area contributed by atoms with Gasteiger partial charge in [-0.25, -0.2) is 0 Å². The topological polar surface area (TPSA) is 101 Å². The Bertz CT molecular complexity index is 1240. The first-order valence-corrected chi connectivity index (χ1v) is 19.7. The van der Waals surface area contributed by atoms with Crippen molar-refractivity contribution in [1.82, 2.24) is 9.80 Å². The van der Waals surface area contributed by atoms with Crippen molar-refractivity contribution in [3.05, 3.63) is 0 Å². The third-order valence-corrected chi connectivity index (χ3v) is 16.2. The average Bonchev–Trinajstić information content (AvgIpc) is 3.63. The van der Waals surface area contributed by atoms with Gasteiger partial charge in [-0.1, -0.05) is 20.8 Å². The normalized spacial score (nSPS) is 50.7. The molecule has 3 heterocycles. The van der Waals surface area contributed by atoms with Crippen LogP contribution < -0.4 is 0 Å². The summed E-state index contributed by atoms with van der Waals surface area (Å²) in [5, 5.41) is 23.6. The second-order valence-electron chi connectivity index (χ2n) is 18.7. The Morgan fingerprint density at radius 3 is 2.56 bits per heavy atom. The van der Waals surface area contributed by atoms with Gasteiger partial charge >= 0.3 is 0 Å². The predicted molar refractivity (Wildman–Crippen MR) is 181 cm³/mol. The van der Waals surface area contributed by atoms with Gasteiger partial charge in [-0.05, 0) is 125 Å². The van der Waals surface area contributed by atoms with Crippen LogP contribution in [0.5, 0.6) is 0 Å². The van der Waals surface area contributed by atoms with Crippen LogP contribution in [0.15, 0.2) is 0 Å². The molecular formula is C39H64N2O7. The molecule has 0 bridgehead atoms. The molecule has 8 fully saturated rings. The molecule has 14 atom stereocenters. The lowest BCUT2D eigenvalue weighted by atomic mass is 9.43. The van der Waals surface area contributed by atoms with Crippen molar-refractivity contribution in [3.63, 3.8) is 0 Å². The molecule has 3 saturated heterocycles. The quantitative estimate of drug-likeness (QED) is 0.386. The SMILES string of the molecule is CCO[C@@H]([C@H]1C[C@@H](C)[C@H]2[C@H](O1)[C@H](O)[C@@]1(C)[C@@H]3CC[C@H]4C[C@@H](O[C@H]5CN(CC(=O)N6CCC6)CCO5)CCC45C[C@@]35CC[C@]21C)C(C)(C)O. The van der Waals surface area contributed by atoms with E-state index >= 15 is 0 Å². The molecule has 0 radical (unpaired) electrons. The number of morpholine rings is 1. The van der Waals surface area contributed by atoms with Gasteiger partial charge in [0.25, 0.3) is 0 Å². The molecule has 2 N–H and O–H groups in total. The molecule has 0 aromatic carbocycles. The summed E-state index contributed by atoms with van der Waals surface area (Å²) in [5.74, 6) is 2.11. The van der Waals surface area contributed by atoms with E-state index in [0.29, 0.717) is 60.8 Å². The van der Waals surface area contributed by atoms with Crippen molar-refractivity contribution >= 4 is 5.91 Å². The minimum Gasteiger partial charge on any atom is -0.390 e. The molecule has 5 aliphatic carbocycles. The van der Waals surface area contributed by atoms with Gasteiger partial charge in [0.2, 0.25) is 5.91 Å². The molecule has 8 rings (SSSR count). The molecule has 272 valence electrons. The van der Waals surface area contributed by atoms with Crippen LogP contribution in [0.4, 0.5) is 0 Å². The lowest BCUT2D eigenvalue weighted by molar-refractivity contribution is -0.218. The Morgan fingerprint density at radius 2 is 1.85 bits per heavy atom. The number of hydrogen-bond acceptors (Lipinski definition) is 8. The Balaban J connectivity index is 0.952. The molecule has 8 aliphatic rings. The van der Waals surface area contributed by atoms with E-state index in [1.165, 1.54) is 32.1 Å². The van der Waals surface area contributed by atoms with E-state index in [1.54, 1.807) is 0 Å². The highest BCUT2D eigenvalue weighted by atomic mass is 16.7. The Morgan fingerprint density at radius 1 is 1.06 bits per heavy atom. The third kappa shape index (κ3) is 4.90. The van der Waals surface area contributed by atoms with Gasteiger partial charge in [-0.3, -0.25) is 9.69 Å². The largest absolute Gasteiger partial charge is 0.390 e. The molecule has 48 heavy (non-hydrogen) atoms. The summed E-state index contributed by atoms with van der Waals surface area (Å²) in [6.07, 6.45) is 10.1. The monoisotopic (exact) mass is 672 g/mol. The summed E-state index contributed by atoms with van der Waals surface area (Å²) in [6, 6.07) is 0. The van der Waals surface area contributed by atoms with Crippen LogP contribution in [0.3, 0.4) is 0 Å². The Kier molecular flexibility index (Phi) is 8.47. The van der Waals surface area contributed by atoms with E-state index in [2.05, 4.69) is 25.7 Å². The van der Waals surface area contributed by atoms with Gasteiger partial charge in [0.05, 0.1) is 49.7 Å². The van der Waals surface area contributed by atoms with Crippen LogP contribution in [-0.4, -0.2) is 114 Å². The number of amides is 1. The maximum absolute atomic E-state index is 12.6. The highest BCUT2D eigenvalue weighted by Crippen LogP contribution is 2.88. The fraction of sp³-hybridized carbons (Fsp3) is 0.974. The second kappa shape index (κ2) is 11.9. The van der Waals surface area contributed by atoms with Crippen molar-refractivity contribution in [2.75, 3.05) is 45.9 Å². The Labute approximate surface area is 288 Å². The number of hydrogen-bond donors (Lipinski definition) is 2. The molecule has 5 saturated carbocycles. The van der Waals surface area contributed by atoms with Gasteiger partial charge < -0.3 is 34.1 Å². The standard InChI is InChI=1S/C39H64N2O7/c1-7-45-34(35(3,4)44)27-19-24(2)31-32(48-27)33(43)37(6)28-10-9-25-20-26(11-12-38(25)23-39(28,38)14-13-36(31,37)5)47-30-22-40(17-18-46-30)21-29(42)41-15-8-16-41/h24-28,30-34,43-44H,7-23H2,1-6H3/t24-,25+,26+,27-,28+,30+,31+,32+,33+,34+,36-,37-,38?,39+/m1/s1. The zero-order valence-corrected chi connectivity index (χ0v) is 30.6. The molecule has 9 nitrogen and oxygen atoms in total. The molecular weight excluding hydrogens is 608 g/mol. The van der Waals surface area contributed by atoms with Gasteiger partial charge in [-0.15, -0.1) is 0 Å². The van der Waals surface area contributed by atoms with E-state index in [1.807, 2.05) is 25.7 Å². The van der Waals surface area contributed by atoms with Crippen LogP contribution in [-0.2, 0) is 23.7 Å². The van der Waals surface area contributed by atoms with E-state index in [-0.39, 0.29) is 41.3 Å². The summed E-state index contributed by atoms with van der Waals surface area (Å²) in [6.45, 7) is 17.8. The van der Waals surface area contributed by atoms with E-state index in [0.717, 1.165) is 51.7 Å². The van der Waals surface area contributed by atoms with Crippen molar-refractivity contribution in [1.29, 1.82) is 0 Å². The minimum atomic E-state index is -1.02. The zero-order chi connectivity index (χ0) is 33.9. The van der Waals surface area contributed by atoms with E-state index < -0.39 is 17.8 Å². The first-order valence-electron chi connectivity index (χ1n) is 19.7. The smallest absolute Gasteiger partial charge is 0.236 e. The summed E-state index contributed by atoms with van der Waals surface area (Å²) >= 11 is 0. The van der Waals surface area contributed by atoms with Gasteiger partial charge in [0, 0.05) is 31.7 Å². The average molecular weight is 673 g/mol. The number of ether oxygens (including phenoxy) is 4. The molecule has 0 aromatic rings. The number of carbonyl (C=O) groups excluding carboxylic acids is 1. The third-order valence-electron chi connectivity index (χ3n) is 16.2. The maximum atomic E-state index is 12.6. The maximum Gasteiger partial charge on any atom is 0.236 e. The number of nitrogens with zero attached hydrogens (tertiary/aromatic N) is 2. The van der Waals surface area contributed by atoms with Gasteiger partial charge in [-0.2, -0.15) is 0 Å². The second-order valence-corrected chi connectivity index (χ2v) is 18.7. The van der Waals surface area contributed by atoms with Crippen molar-refractivity contribution < 1.29 is 34.0 Å². The van der Waals surface area contributed by atoms with Crippen molar-refractivity contribution in [2.24, 2.45) is 45.3 Å². The van der Waals surface area contributed by atoms with Crippen molar-refractivity contribution in [2.45, 2.75) is 148 Å². The first kappa shape index (κ1) is 34.3. The molecule has 1 amide bonds. The zero-order valence-electron chi connectivity index (χ0n) is 30.6. The fourth-order valence-corrected chi connectivity index (χ4v) is 13.8. The lowest BCUT2D eigenvalue weighted by Crippen LogP contribution is -2.58. The van der Waals surface area contributed by atoms with Crippen molar-refractivity contribution in [3.8, 4) is 0 Å². The number of likely N-dealkylation sites (tertiary alicyclic amines) is 1. The fourth-order valence-electron chi connectivity index (χ4n) is 13.8. The summed E-state index contributed by atoms with van der Waals surface area (Å²) in [7, 11) is 0. The molecule has 0 aromatic heterocycles. The summed E-state index contributed by atoms with van der Waals surface area (Å²) < 4.78 is 25.8. The molecule has 2 spiro atoms. The van der Waals surface area contributed by atoms with Crippen LogP contribution in [0.2, 0.25) is 0 Å². The first-order chi connectivity index (χ1) is 22.8. The molecule has 3 aliphatic heterocycles. The Hall–Kier alpha value is -0.810. The number of carbonyl (C=O) groups is 1. The summed E-state index contributed by atoms with van der Waals surface area (Å²) in [4.78, 5) is 16.8. The number of rotatable bonds is 8. The highest BCUT2D eigenvalue weighted by molar-refractivity contribution is 5.78. The van der Waals surface area contributed by atoms with Crippen LogP contribution >= 0.6 is 0 Å². The predicted octanol–water partition coefficient (Wildman–Crippen LogP) is 4.62. The summed E-state index contributed by atoms with van der Waals surface area (Å²) in [5.41, 5.74) is -0.493. The van der Waals surface area contributed by atoms with Crippen LogP contribution in [0, 0.1) is 45.3 Å². The van der Waals surface area contributed by atoms with E-state index in [9.17, 15) is 15.0 Å². The van der Waals surface area contributed by atoms with Gasteiger partial charge in [0.15, 0.2) is 6.29 Å². The molecule has 9 heteroatoms. The van der Waals surface area contributed by atoms with Gasteiger partial charge in [0.1, 0.15) is 6.10 Å². The van der Waals surface area contributed by atoms with Crippen LogP contribution in [0.25, 0.3) is 0 Å². The molecule has 1 unspecified atom stereocenters. The lowest BCUT2D eigenvalue weighted by Gasteiger charge is -2.62. The number of fused-ring (bicyclic) bond motifs is 4. The van der Waals surface area contributed by atoms with Crippen LogP contribution in [0.1, 0.15) is 106 Å². The highest BCUT2D eigenvalue weighted by Gasteiger charge is 2.83. The number of aliphatic hydroxyl groups is 2. The van der Waals surface area contributed by atoms with E-state index in [4.69, 9.17) is 18.9 Å². The number of aliphatic hydroxyl groups excluding tert-OH is 1. The minimum absolute atomic E-state index is 0.0192.